The molecule has 0 aliphatic carbocycles. The van der Waals surface area contributed by atoms with Crippen molar-refractivity contribution < 1.29 is 9.53 Å². The van der Waals surface area contributed by atoms with Crippen molar-refractivity contribution in [1.29, 1.82) is 0 Å². The molecule has 0 atom stereocenters. The number of likely N-dealkylation sites (tertiary alicyclic amines) is 1. The van der Waals surface area contributed by atoms with Crippen molar-refractivity contribution in [3.63, 3.8) is 0 Å². The third-order valence-electron chi connectivity index (χ3n) is 4.86. The van der Waals surface area contributed by atoms with E-state index in [9.17, 15) is 4.79 Å². The number of amides is 1. The first-order chi connectivity index (χ1) is 11.8. The smallest absolute Gasteiger partial charge is 0.251 e. The molecule has 24 heavy (non-hydrogen) atoms. The predicted molar refractivity (Wildman–Crippen MR) is 95.2 cm³/mol. The Morgan fingerprint density at radius 2 is 1.71 bits per heavy atom. The Morgan fingerprint density at radius 3 is 2.42 bits per heavy atom. The monoisotopic (exact) mass is 331 g/mol. The minimum atomic E-state index is 0.0364. The quantitative estimate of drug-likeness (QED) is 0.773. The third-order valence-corrected chi connectivity index (χ3v) is 4.86. The molecule has 2 aliphatic heterocycles. The molecule has 0 saturated carbocycles. The zero-order chi connectivity index (χ0) is 16.6. The van der Waals surface area contributed by atoms with E-state index in [2.05, 4.69) is 27.2 Å². The van der Waals surface area contributed by atoms with Crippen LogP contribution in [0.3, 0.4) is 0 Å². The summed E-state index contributed by atoms with van der Waals surface area (Å²) in [5.41, 5.74) is 2.00. The molecule has 0 radical (unpaired) electrons. The standard InChI is InChI=1S/C19H29N3O2/c23-19(20-8-3-11-21-9-1-2-10-21)18-6-4-17(5-7-18)16-22-12-14-24-15-13-22/h4-7H,1-3,8-16H2,(H,20,23). The second-order valence-electron chi connectivity index (χ2n) is 6.74. The Kier molecular flexibility index (Phi) is 6.64. The fraction of sp³-hybridized carbons (Fsp3) is 0.632. The summed E-state index contributed by atoms with van der Waals surface area (Å²) in [6.07, 6.45) is 3.67. The van der Waals surface area contributed by atoms with E-state index < -0.39 is 0 Å². The number of carbonyl (C=O) groups excluding carboxylic acids is 1. The summed E-state index contributed by atoms with van der Waals surface area (Å²) in [6.45, 7) is 8.83. The van der Waals surface area contributed by atoms with Crippen LogP contribution in [0.2, 0.25) is 0 Å². The SMILES string of the molecule is O=C(NCCCN1CCCC1)c1ccc(CN2CCOCC2)cc1. The zero-order valence-electron chi connectivity index (χ0n) is 14.5. The maximum Gasteiger partial charge on any atom is 0.251 e. The lowest BCUT2D eigenvalue weighted by atomic mass is 10.1. The van der Waals surface area contributed by atoms with Crippen LogP contribution in [0.5, 0.6) is 0 Å². The Bertz CT molecular complexity index is 506. The lowest BCUT2D eigenvalue weighted by molar-refractivity contribution is 0.0342. The molecule has 1 aromatic carbocycles. The highest BCUT2D eigenvalue weighted by atomic mass is 16.5. The molecule has 2 aliphatic rings. The summed E-state index contributed by atoms with van der Waals surface area (Å²) in [4.78, 5) is 17.1. The van der Waals surface area contributed by atoms with E-state index >= 15 is 0 Å². The number of rotatable bonds is 7. The average molecular weight is 331 g/mol. The molecule has 0 bridgehead atoms. The van der Waals surface area contributed by atoms with Gasteiger partial charge in [0.15, 0.2) is 0 Å². The first kappa shape index (κ1) is 17.4. The van der Waals surface area contributed by atoms with E-state index in [1.54, 1.807) is 0 Å². The van der Waals surface area contributed by atoms with Gasteiger partial charge in [-0.2, -0.15) is 0 Å². The van der Waals surface area contributed by atoms with Crippen LogP contribution in [-0.4, -0.2) is 68.2 Å². The van der Waals surface area contributed by atoms with Crippen LogP contribution in [0.4, 0.5) is 0 Å². The molecule has 2 saturated heterocycles. The minimum Gasteiger partial charge on any atom is -0.379 e. The van der Waals surface area contributed by atoms with Gasteiger partial charge in [0.2, 0.25) is 0 Å². The predicted octanol–water partition coefficient (Wildman–Crippen LogP) is 1.73. The van der Waals surface area contributed by atoms with Gasteiger partial charge in [0, 0.05) is 31.7 Å². The Morgan fingerprint density at radius 1 is 1.00 bits per heavy atom. The van der Waals surface area contributed by atoms with Gasteiger partial charge in [-0.05, 0) is 56.6 Å². The van der Waals surface area contributed by atoms with Crippen LogP contribution >= 0.6 is 0 Å². The number of hydrogen-bond acceptors (Lipinski definition) is 4. The third kappa shape index (κ3) is 5.30. The Labute approximate surface area is 145 Å². The highest BCUT2D eigenvalue weighted by molar-refractivity contribution is 5.94. The molecule has 2 heterocycles. The fourth-order valence-corrected chi connectivity index (χ4v) is 3.39. The zero-order valence-corrected chi connectivity index (χ0v) is 14.5. The Hall–Kier alpha value is -1.43. The van der Waals surface area contributed by atoms with E-state index in [1.807, 2.05) is 12.1 Å². The lowest BCUT2D eigenvalue weighted by Gasteiger charge is -2.26. The number of ether oxygens (including phenoxy) is 1. The molecule has 0 spiro atoms. The van der Waals surface area contributed by atoms with Crippen LogP contribution in [0.1, 0.15) is 35.2 Å². The molecule has 1 amide bonds. The highest BCUT2D eigenvalue weighted by Crippen LogP contribution is 2.10. The van der Waals surface area contributed by atoms with Gasteiger partial charge in [-0.1, -0.05) is 12.1 Å². The van der Waals surface area contributed by atoms with E-state index in [-0.39, 0.29) is 5.91 Å². The Balaban J connectivity index is 1.38. The second kappa shape index (κ2) is 9.16. The summed E-state index contributed by atoms with van der Waals surface area (Å²) in [5, 5.41) is 3.03. The summed E-state index contributed by atoms with van der Waals surface area (Å²) in [7, 11) is 0. The van der Waals surface area contributed by atoms with E-state index in [1.165, 1.54) is 31.5 Å². The topological polar surface area (TPSA) is 44.8 Å². The number of morpholine rings is 1. The van der Waals surface area contributed by atoms with Crippen molar-refractivity contribution in [2.24, 2.45) is 0 Å². The number of benzene rings is 1. The van der Waals surface area contributed by atoms with E-state index in [0.717, 1.165) is 57.9 Å². The molecular formula is C19H29N3O2. The summed E-state index contributed by atoms with van der Waals surface area (Å²) >= 11 is 0. The lowest BCUT2D eigenvalue weighted by Crippen LogP contribution is -2.35. The average Bonchev–Trinajstić information content (AvgIpc) is 3.13. The minimum absolute atomic E-state index is 0.0364. The molecule has 1 aromatic rings. The second-order valence-corrected chi connectivity index (χ2v) is 6.74. The van der Waals surface area contributed by atoms with Crippen molar-refractivity contribution >= 4 is 5.91 Å². The molecule has 0 unspecified atom stereocenters. The fourth-order valence-electron chi connectivity index (χ4n) is 3.39. The number of nitrogens with one attached hydrogen (secondary N) is 1. The maximum absolute atomic E-state index is 12.2. The van der Waals surface area contributed by atoms with Crippen LogP contribution in [-0.2, 0) is 11.3 Å². The van der Waals surface area contributed by atoms with Crippen LogP contribution in [0, 0.1) is 0 Å². The first-order valence-electron chi connectivity index (χ1n) is 9.21. The maximum atomic E-state index is 12.2. The van der Waals surface area contributed by atoms with E-state index in [0.29, 0.717) is 0 Å². The molecular weight excluding hydrogens is 302 g/mol. The van der Waals surface area contributed by atoms with Crippen LogP contribution in [0.25, 0.3) is 0 Å². The van der Waals surface area contributed by atoms with Crippen molar-refractivity contribution in [1.82, 2.24) is 15.1 Å². The van der Waals surface area contributed by atoms with Gasteiger partial charge >= 0.3 is 0 Å². The summed E-state index contributed by atoms with van der Waals surface area (Å²) < 4.78 is 5.37. The summed E-state index contributed by atoms with van der Waals surface area (Å²) in [6, 6.07) is 8.00. The van der Waals surface area contributed by atoms with Gasteiger partial charge in [-0.3, -0.25) is 9.69 Å². The number of hydrogen-bond donors (Lipinski definition) is 1. The summed E-state index contributed by atoms with van der Waals surface area (Å²) in [5.74, 6) is 0.0364. The largest absolute Gasteiger partial charge is 0.379 e. The number of nitrogens with zero attached hydrogens (tertiary/aromatic N) is 2. The van der Waals surface area contributed by atoms with E-state index in [4.69, 9.17) is 4.74 Å². The van der Waals surface area contributed by atoms with Gasteiger partial charge in [0.25, 0.3) is 5.91 Å². The molecule has 5 nitrogen and oxygen atoms in total. The van der Waals surface area contributed by atoms with Crippen molar-refractivity contribution in [2.45, 2.75) is 25.8 Å². The van der Waals surface area contributed by atoms with Gasteiger partial charge in [-0.25, -0.2) is 0 Å². The normalized spacial score (nSPS) is 19.5. The number of carbonyl (C=O) groups is 1. The molecule has 2 fully saturated rings. The van der Waals surface area contributed by atoms with Gasteiger partial charge in [0.05, 0.1) is 13.2 Å². The van der Waals surface area contributed by atoms with Gasteiger partial charge < -0.3 is 15.0 Å². The first-order valence-corrected chi connectivity index (χ1v) is 9.21. The molecule has 0 aromatic heterocycles. The van der Waals surface area contributed by atoms with Crippen molar-refractivity contribution in [3.8, 4) is 0 Å². The molecule has 3 rings (SSSR count). The van der Waals surface area contributed by atoms with Crippen molar-refractivity contribution in [2.75, 3.05) is 52.5 Å². The molecule has 1 N–H and O–H groups in total. The van der Waals surface area contributed by atoms with Crippen LogP contribution < -0.4 is 5.32 Å². The van der Waals surface area contributed by atoms with Crippen molar-refractivity contribution in [3.05, 3.63) is 35.4 Å². The highest BCUT2D eigenvalue weighted by Gasteiger charge is 2.12. The van der Waals surface area contributed by atoms with Gasteiger partial charge in [-0.15, -0.1) is 0 Å². The van der Waals surface area contributed by atoms with Crippen LogP contribution in [0.15, 0.2) is 24.3 Å². The van der Waals surface area contributed by atoms with Gasteiger partial charge in [0.1, 0.15) is 0 Å². The molecule has 5 heteroatoms. The molecule has 132 valence electrons.